The highest BCUT2D eigenvalue weighted by Gasteiger charge is 2.27. The Labute approximate surface area is 206 Å². The first kappa shape index (κ1) is 22.9. The van der Waals surface area contributed by atoms with Gasteiger partial charge in [0.2, 0.25) is 5.95 Å². The Balaban J connectivity index is 1.30. The minimum Gasteiger partial charge on any atom is -0.446 e. The molecule has 2 aliphatic rings. The second-order valence-electron chi connectivity index (χ2n) is 8.33. The van der Waals surface area contributed by atoms with E-state index in [2.05, 4.69) is 20.6 Å². The van der Waals surface area contributed by atoms with Crippen molar-refractivity contribution in [1.29, 1.82) is 0 Å². The van der Waals surface area contributed by atoms with E-state index in [9.17, 15) is 4.79 Å². The molecule has 3 aromatic rings. The lowest BCUT2D eigenvalue weighted by Gasteiger charge is -2.30. The fourth-order valence-electron chi connectivity index (χ4n) is 4.16. The maximum atomic E-state index is 13.3. The third-order valence-electron chi connectivity index (χ3n) is 6.07. The molecule has 1 atom stereocenters. The van der Waals surface area contributed by atoms with Crippen LogP contribution in [0.1, 0.15) is 41.5 Å². The van der Waals surface area contributed by atoms with Crippen molar-refractivity contribution >= 4 is 35.2 Å². The van der Waals surface area contributed by atoms with Crippen LogP contribution in [0.15, 0.2) is 41.4 Å². The molecular formula is C23H24Cl2N6O3. The van der Waals surface area contributed by atoms with Crippen LogP contribution in [-0.2, 0) is 17.7 Å². The Hall–Kier alpha value is -2.88. The van der Waals surface area contributed by atoms with E-state index in [1.165, 1.54) is 6.39 Å². The zero-order valence-corrected chi connectivity index (χ0v) is 19.8. The average molecular weight is 503 g/mol. The predicted octanol–water partition coefficient (Wildman–Crippen LogP) is 4.22. The van der Waals surface area contributed by atoms with E-state index in [4.69, 9.17) is 37.3 Å². The third-order valence-corrected chi connectivity index (χ3v) is 6.81. The summed E-state index contributed by atoms with van der Waals surface area (Å²) in [6.07, 6.45) is 7.28. The summed E-state index contributed by atoms with van der Waals surface area (Å²) in [4.78, 5) is 28.2. The molecule has 1 aromatic carbocycles. The molecule has 2 aromatic heterocycles. The first-order valence-corrected chi connectivity index (χ1v) is 11.9. The fraction of sp³-hybridized carbons (Fsp3) is 0.391. The van der Waals surface area contributed by atoms with Gasteiger partial charge in [-0.05, 0) is 42.5 Å². The van der Waals surface area contributed by atoms with Crippen LogP contribution in [-0.4, -0.2) is 51.7 Å². The van der Waals surface area contributed by atoms with Crippen molar-refractivity contribution in [2.24, 2.45) is 0 Å². The molecular weight excluding hydrogens is 479 g/mol. The molecule has 1 fully saturated rings. The van der Waals surface area contributed by atoms with E-state index in [1.807, 2.05) is 6.20 Å². The zero-order valence-electron chi connectivity index (χ0n) is 18.3. The summed E-state index contributed by atoms with van der Waals surface area (Å²) < 4.78 is 10.9. The minimum atomic E-state index is -0.567. The Kier molecular flexibility index (Phi) is 6.85. The monoisotopic (exact) mass is 502 g/mol. The highest BCUT2D eigenvalue weighted by molar-refractivity contribution is 6.42. The molecule has 1 saturated heterocycles. The first-order valence-electron chi connectivity index (χ1n) is 11.1. The maximum absolute atomic E-state index is 13.3. The number of ether oxygens (including phenoxy) is 1. The van der Waals surface area contributed by atoms with Gasteiger partial charge < -0.3 is 24.7 Å². The molecule has 178 valence electrons. The number of anilines is 1. The van der Waals surface area contributed by atoms with E-state index in [-0.39, 0.29) is 6.03 Å². The summed E-state index contributed by atoms with van der Waals surface area (Å²) in [6.45, 7) is 2.42. The van der Waals surface area contributed by atoms with Gasteiger partial charge in [-0.3, -0.25) is 0 Å². The van der Waals surface area contributed by atoms with E-state index in [0.29, 0.717) is 47.3 Å². The minimum absolute atomic E-state index is 0.240. The van der Waals surface area contributed by atoms with Gasteiger partial charge in [-0.15, -0.1) is 0 Å². The van der Waals surface area contributed by atoms with E-state index in [1.54, 1.807) is 29.3 Å². The molecule has 0 spiro atoms. The standard InChI is InChI=1S/C23H24Cl2N6O3/c24-17-2-1-14(9-18(17)25)21(20-11-26-13-34-20)30-23(32)31-6-3-15-10-27-22(29-19(15)12-31)28-16-4-7-33-8-5-16/h1-2,9-11,13,16,21H,3-8,12H2,(H,30,32)(H,27,28,29). The number of oxazole rings is 1. The summed E-state index contributed by atoms with van der Waals surface area (Å²) >= 11 is 12.3. The number of halogens is 2. The van der Waals surface area contributed by atoms with Crippen LogP contribution in [0.5, 0.6) is 0 Å². The molecule has 1 unspecified atom stereocenters. The van der Waals surface area contributed by atoms with Crippen molar-refractivity contribution in [1.82, 2.24) is 25.2 Å². The zero-order chi connectivity index (χ0) is 23.5. The number of amides is 2. The van der Waals surface area contributed by atoms with Crippen LogP contribution in [0, 0.1) is 0 Å². The highest BCUT2D eigenvalue weighted by atomic mass is 35.5. The molecule has 9 nitrogen and oxygen atoms in total. The quantitative estimate of drug-likeness (QED) is 0.537. The Morgan fingerprint density at radius 1 is 1.18 bits per heavy atom. The van der Waals surface area contributed by atoms with Crippen LogP contribution in [0.25, 0.3) is 0 Å². The van der Waals surface area contributed by atoms with Crippen LogP contribution in [0.2, 0.25) is 10.0 Å². The second-order valence-corrected chi connectivity index (χ2v) is 9.14. The molecule has 0 aliphatic carbocycles. The Morgan fingerprint density at radius 2 is 2.03 bits per heavy atom. The molecule has 2 N–H and O–H groups in total. The van der Waals surface area contributed by atoms with Gasteiger partial charge in [0.1, 0.15) is 6.04 Å². The topological polar surface area (TPSA) is 105 Å². The number of rotatable bonds is 5. The molecule has 11 heteroatoms. The SMILES string of the molecule is O=C(NC(c1ccc(Cl)c(Cl)c1)c1cnco1)N1CCc2cnc(NC3CCOCC3)nc2C1. The molecule has 5 rings (SSSR count). The van der Waals surface area contributed by atoms with Crippen molar-refractivity contribution in [3.63, 3.8) is 0 Å². The fourth-order valence-corrected chi connectivity index (χ4v) is 4.47. The lowest BCUT2D eigenvalue weighted by molar-refractivity contribution is 0.0903. The number of nitrogens with zero attached hydrogens (tertiary/aromatic N) is 4. The predicted molar refractivity (Wildman–Crippen MR) is 127 cm³/mol. The number of carbonyl (C=O) groups is 1. The lowest BCUT2D eigenvalue weighted by atomic mass is 10.0. The molecule has 34 heavy (non-hydrogen) atoms. The van der Waals surface area contributed by atoms with Gasteiger partial charge in [0, 0.05) is 32.0 Å². The van der Waals surface area contributed by atoms with Gasteiger partial charge in [0.05, 0.1) is 28.5 Å². The number of fused-ring (bicyclic) bond motifs is 1. The van der Waals surface area contributed by atoms with Crippen molar-refractivity contribution in [2.45, 2.75) is 37.9 Å². The first-order chi connectivity index (χ1) is 16.6. The van der Waals surface area contributed by atoms with Crippen LogP contribution in [0.4, 0.5) is 10.7 Å². The Morgan fingerprint density at radius 3 is 2.79 bits per heavy atom. The van der Waals surface area contributed by atoms with Gasteiger partial charge in [0.25, 0.3) is 0 Å². The Bertz CT molecular complexity index is 1150. The van der Waals surface area contributed by atoms with Crippen molar-refractivity contribution in [3.05, 3.63) is 69.6 Å². The summed E-state index contributed by atoms with van der Waals surface area (Å²) in [5.74, 6) is 1.08. The van der Waals surface area contributed by atoms with Gasteiger partial charge >= 0.3 is 6.03 Å². The highest BCUT2D eigenvalue weighted by Crippen LogP contribution is 2.29. The second kappa shape index (κ2) is 10.2. The molecule has 0 saturated carbocycles. The lowest BCUT2D eigenvalue weighted by Crippen LogP contribution is -2.44. The number of hydrogen-bond acceptors (Lipinski definition) is 7. The van der Waals surface area contributed by atoms with Crippen molar-refractivity contribution in [2.75, 3.05) is 25.1 Å². The maximum Gasteiger partial charge on any atom is 0.318 e. The van der Waals surface area contributed by atoms with Crippen LogP contribution >= 0.6 is 23.2 Å². The number of urea groups is 1. The third kappa shape index (κ3) is 5.11. The van der Waals surface area contributed by atoms with Gasteiger partial charge in [-0.2, -0.15) is 0 Å². The molecule has 2 amide bonds. The normalized spacial score (nSPS) is 17.2. The van der Waals surface area contributed by atoms with E-state index in [0.717, 1.165) is 42.9 Å². The number of aromatic nitrogens is 3. The number of hydrogen-bond donors (Lipinski definition) is 2. The largest absolute Gasteiger partial charge is 0.446 e. The summed E-state index contributed by atoms with van der Waals surface area (Å²) in [5, 5.41) is 7.27. The molecule has 2 aliphatic heterocycles. The van der Waals surface area contributed by atoms with Gasteiger partial charge in [-0.25, -0.2) is 19.7 Å². The molecule has 0 radical (unpaired) electrons. The number of benzene rings is 1. The summed E-state index contributed by atoms with van der Waals surface area (Å²) in [6, 6.07) is 4.69. The smallest absolute Gasteiger partial charge is 0.318 e. The van der Waals surface area contributed by atoms with Crippen LogP contribution < -0.4 is 10.6 Å². The number of carbonyl (C=O) groups excluding carboxylic acids is 1. The van der Waals surface area contributed by atoms with Crippen LogP contribution in [0.3, 0.4) is 0 Å². The molecule has 4 heterocycles. The van der Waals surface area contributed by atoms with Gasteiger partial charge in [-0.1, -0.05) is 29.3 Å². The summed E-state index contributed by atoms with van der Waals surface area (Å²) in [5.41, 5.74) is 2.64. The van der Waals surface area contributed by atoms with E-state index >= 15 is 0 Å². The average Bonchev–Trinajstić information content (AvgIpc) is 3.39. The molecule has 0 bridgehead atoms. The number of nitrogens with one attached hydrogen (secondary N) is 2. The van der Waals surface area contributed by atoms with Crippen molar-refractivity contribution < 1.29 is 13.9 Å². The summed E-state index contributed by atoms with van der Waals surface area (Å²) in [7, 11) is 0. The van der Waals surface area contributed by atoms with E-state index < -0.39 is 6.04 Å². The van der Waals surface area contributed by atoms with Crippen molar-refractivity contribution in [3.8, 4) is 0 Å². The van der Waals surface area contributed by atoms with Gasteiger partial charge in [0.15, 0.2) is 12.2 Å².